The predicted molar refractivity (Wildman–Crippen MR) is 79.7 cm³/mol. The molecule has 0 aliphatic heterocycles. The number of aryl methyl sites for hydroxylation is 1. The maximum Gasteiger partial charge on any atom is 0.335 e. The van der Waals surface area contributed by atoms with Gasteiger partial charge in [-0.05, 0) is 43.3 Å². The van der Waals surface area contributed by atoms with Gasteiger partial charge in [0.1, 0.15) is 5.82 Å². The van der Waals surface area contributed by atoms with Crippen molar-refractivity contribution < 1.29 is 14.3 Å². The van der Waals surface area contributed by atoms with Gasteiger partial charge in [0, 0.05) is 18.7 Å². The highest BCUT2D eigenvalue weighted by Gasteiger charge is 2.09. The molecular weight excluding hydrogens is 269 g/mol. The molecule has 4 heteroatoms. The Morgan fingerprint density at radius 1 is 1.14 bits per heavy atom. The van der Waals surface area contributed by atoms with Crippen molar-refractivity contribution in [3.8, 4) is 0 Å². The number of hydrogen-bond donors (Lipinski definition) is 1. The van der Waals surface area contributed by atoms with Gasteiger partial charge in [-0.25, -0.2) is 9.18 Å². The minimum atomic E-state index is -0.927. The fourth-order valence-corrected chi connectivity index (χ4v) is 2.27. The molecule has 21 heavy (non-hydrogen) atoms. The van der Waals surface area contributed by atoms with Crippen molar-refractivity contribution in [2.24, 2.45) is 0 Å². The van der Waals surface area contributed by atoms with Crippen LogP contribution >= 0.6 is 0 Å². The lowest BCUT2D eigenvalue weighted by molar-refractivity contribution is 0.0696. The number of nitrogens with zero attached hydrogens (tertiary/aromatic N) is 1. The molecule has 0 heterocycles. The van der Waals surface area contributed by atoms with Gasteiger partial charge in [-0.1, -0.05) is 24.3 Å². The van der Waals surface area contributed by atoms with Crippen LogP contribution in [-0.4, -0.2) is 23.0 Å². The van der Waals surface area contributed by atoms with Crippen LogP contribution in [0.1, 0.15) is 27.0 Å². The van der Waals surface area contributed by atoms with E-state index in [2.05, 4.69) is 0 Å². The molecule has 0 aliphatic rings. The first-order valence-corrected chi connectivity index (χ1v) is 6.72. The highest BCUT2D eigenvalue weighted by Crippen LogP contribution is 2.15. The van der Waals surface area contributed by atoms with E-state index in [0.29, 0.717) is 18.7 Å². The Balaban J connectivity index is 2.08. The van der Waals surface area contributed by atoms with Crippen molar-refractivity contribution in [2.75, 3.05) is 7.05 Å². The van der Waals surface area contributed by atoms with E-state index in [4.69, 9.17) is 5.11 Å². The molecule has 0 saturated carbocycles. The van der Waals surface area contributed by atoms with Gasteiger partial charge in [0.05, 0.1) is 5.56 Å². The van der Waals surface area contributed by atoms with Gasteiger partial charge >= 0.3 is 5.97 Å². The summed E-state index contributed by atoms with van der Waals surface area (Å²) in [6, 6.07) is 11.8. The molecular formula is C17H18FNO2. The zero-order valence-electron chi connectivity index (χ0n) is 12.1. The summed E-state index contributed by atoms with van der Waals surface area (Å²) in [7, 11) is 1.91. The first-order chi connectivity index (χ1) is 9.97. The van der Waals surface area contributed by atoms with E-state index >= 15 is 0 Å². The highest BCUT2D eigenvalue weighted by atomic mass is 19.1. The summed E-state index contributed by atoms with van der Waals surface area (Å²) >= 11 is 0. The minimum Gasteiger partial charge on any atom is -0.478 e. The number of carboxylic acids is 1. The van der Waals surface area contributed by atoms with Gasteiger partial charge in [-0.2, -0.15) is 0 Å². The number of carbonyl (C=O) groups is 1. The molecule has 0 bridgehead atoms. The van der Waals surface area contributed by atoms with E-state index in [1.54, 1.807) is 24.3 Å². The first-order valence-electron chi connectivity index (χ1n) is 6.72. The molecule has 0 radical (unpaired) electrons. The van der Waals surface area contributed by atoms with E-state index < -0.39 is 5.97 Å². The lowest BCUT2D eigenvalue weighted by Gasteiger charge is -2.18. The fourth-order valence-electron chi connectivity index (χ4n) is 2.27. The fraction of sp³-hybridized carbons (Fsp3) is 0.235. The van der Waals surface area contributed by atoms with Gasteiger partial charge in [-0.15, -0.1) is 0 Å². The molecule has 2 aromatic rings. The molecule has 0 unspecified atom stereocenters. The van der Waals surface area contributed by atoms with Gasteiger partial charge in [0.2, 0.25) is 0 Å². The van der Waals surface area contributed by atoms with Gasteiger partial charge in [-0.3, -0.25) is 4.90 Å². The van der Waals surface area contributed by atoms with Crippen molar-refractivity contribution in [3.05, 3.63) is 70.5 Å². The quantitative estimate of drug-likeness (QED) is 0.915. The van der Waals surface area contributed by atoms with Crippen LogP contribution in [0.25, 0.3) is 0 Å². The molecule has 1 N–H and O–H groups in total. The smallest absolute Gasteiger partial charge is 0.335 e. The highest BCUT2D eigenvalue weighted by molar-refractivity contribution is 5.87. The predicted octanol–water partition coefficient (Wildman–Crippen LogP) is 3.46. The van der Waals surface area contributed by atoms with Crippen molar-refractivity contribution in [1.29, 1.82) is 0 Å². The van der Waals surface area contributed by atoms with Crippen LogP contribution in [-0.2, 0) is 13.1 Å². The summed E-state index contributed by atoms with van der Waals surface area (Å²) in [5.41, 5.74) is 2.90. The van der Waals surface area contributed by atoms with Crippen molar-refractivity contribution in [2.45, 2.75) is 20.0 Å². The monoisotopic (exact) mass is 287 g/mol. The van der Waals surface area contributed by atoms with Crippen molar-refractivity contribution in [1.82, 2.24) is 4.90 Å². The van der Waals surface area contributed by atoms with Crippen molar-refractivity contribution >= 4 is 5.97 Å². The van der Waals surface area contributed by atoms with Crippen LogP contribution in [0.15, 0.2) is 42.5 Å². The molecule has 110 valence electrons. The summed E-state index contributed by atoms with van der Waals surface area (Å²) in [6.45, 7) is 3.03. The average molecular weight is 287 g/mol. The summed E-state index contributed by atoms with van der Waals surface area (Å²) in [5.74, 6) is -1.13. The maximum atomic E-state index is 13.6. The first kappa shape index (κ1) is 15.2. The summed E-state index contributed by atoms with van der Waals surface area (Å²) in [5, 5.41) is 8.96. The molecule has 0 fully saturated rings. The minimum absolute atomic E-state index is 0.206. The van der Waals surface area contributed by atoms with Crippen LogP contribution < -0.4 is 0 Å². The van der Waals surface area contributed by atoms with E-state index in [-0.39, 0.29) is 11.4 Å². The molecule has 0 saturated heterocycles. The third-order valence-electron chi connectivity index (χ3n) is 3.43. The average Bonchev–Trinajstić information content (AvgIpc) is 2.43. The summed E-state index contributed by atoms with van der Waals surface area (Å²) in [6.07, 6.45) is 0. The second-order valence-corrected chi connectivity index (χ2v) is 5.21. The Hall–Kier alpha value is -2.20. The van der Waals surface area contributed by atoms with Crippen LogP contribution in [0.3, 0.4) is 0 Å². The number of carboxylic acid groups (broad SMARTS) is 1. The number of hydrogen-bond acceptors (Lipinski definition) is 2. The largest absolute Gasteiger partial charge is 0.478 e. The number of rotatable bonds is 5. The van der Waals surface area contributed by atoms with Crippen LogP contribution in [0.2, 0.25) is 0 Å². The van der Waals surface area contributed by atoms with Crippen molar-refractivity contribution in [3.63, 3.8) is 0 Å². The zero-order valence-corrected chi connectivity index (χ0v) is 12.1. The zero-order chi connectivity index (χ0) is 15.4. The molecule has 0 atom stereocenters. The Labute approximate surface area is 123 Å². The summed E-state index contributed by atoms with van der Waals surface area (Å²) < 4.78 is 13.6. The van der Waals surface area contributed by atoms with E-state index in [1.807, 2.05) is 31.0 Å². The molecule has 2 aromatic carbocycles. The molecule has 3 nitrogen and oxygen atoms in total. The Kier molecular flexibility index (Phi) is 4.70. The molecule has 2 rings (SSSR count). The van der Waals surface area contributed by atoms with Crippen LogP contribution in [0.4, 0.5) is 4.39 Å². The van der Waals surface area contributed by atoms with Gasteiger partial charge in [0.15, 0.2) is 0 Å². The lowest BCUT2D eigenvalue weighted by Crippen LogP contribution is -2.18. The second-order valence-electron chi connectivity index (χ2n) is 5.21. The van der Waals surface area contributed by atoms with Gasteiger partial charge in [0.25, 0.3) is 0 Å². The third kappa shape index (κ3) is 3.89. The molecule has 0 aliphatic carbocycles. The Morgan fingerprint density at radius 2 is 1.81 bits per heavy atom. The Morgan fingerprint density at radius 3 is 2.43 bits per heavy atom. The SMILES string of the molecule is Cc1cc(C(=O)O)ccc1CN(C)Cc1ccccc1F. The summed E-state index contributed by atoms with van der Waals surface area (Å²) in [4.78, 5) is 12.9. The molecule has 0 amide bonds. The number of halogens is 1. The second kappa shape index (κ2) is 6.50. The molecule has 0 spiro atoms. The third-order valence-corrected chi connectivity index (χ3v) is 3.43. The van der Waals surface area contributed by atoms with E-state index in [1.165, 1.54) is 6.07 Å². The Bertz CT molecular complexity index is 655. The standard InChI is InChI=1S/C17H18FNO2/c1-12-9-13(17(20)21)7-8-14(12)10-19(2)11-15-5-3-4-6-16(15)18/h3-9H,10-11H2,1-2H3,(H,20,21). The maximum absolute atomic E-state index is 13.6. The van der Waals surface area contributed by atoms with Crippen LogP contribution in [0.5, 0.6) is 0 Å². The van der Waals surface area contributed by atoms with Gasteiger partial charge < -0.3 is 5.11 Å². The van der Waals surface area contributed by atoms with E-state index in [9.17, 15) is 9.18 Å². The topological polar surface area (TPSA) is 40.5 Å². The normalized spacial score (nSPS) is 10.9. The van der Waals surface area contributed by atoms with Crippen LogP contribution in [0, 0.1) is 12.7 Å². The molecule has 0 aromatic heterocycles. The number of benzene rings is 2. The number of aromatic carboxylic acids is 1. The van der Waals surface area contributed by atoms with E-state index in [0.717, 1.165) is 11.1 Å². The lowest BCUT2D eigenvalue weighted by atomic mass is 10.0.